The third-order valence-corrected chi connectivity index (χ3v) is 7.35. The minimum atomic E-state index is -3.08. The number of aryl methyl sites for hydroxylation is 1. The highest BCUT2D eigenvalue weighted by molar-refractivity contribution is 7.88. The largest absolute Gasteiger partial charge is 0.375 e. The molecule has 3 heterocycles. The van der Waals surface area contributed by atoms with Crippen LogP contribution in [-0.4, -0.2) is 51.4 Å². The van der Waals surface area contributed by atoms with Gasteiger partial charge in [-0.25, -0.2) is 13.1 Å². The van der Waals surface area contributed by atoms with E-state index in [-0.39, 0.29) is 5.60 Å². The second kappa shape index (κ2) is 8.05. The summed E-state index contributed by atoms with van der Waals surface area (Å²) in [6.45, 7) is 6.78. The molecular weight excluding hydrogens is 356 g/mol. The molecule has 0 amide bonds. The molecule has 142 valence electrons. The minimum Gasteiger partial charge on any atom is -0.375 e. The summed E-state index contributed by atoms with van der Waals surface area (Å²) in [7, 11) is -3.08. The van der Waals surface area contributed by atoms with Crippen molar-refractivity contribution in [3.8, 4) is 0 Å². The lowest BCUT2D eigenvalue weighted by Crippen LogP contribution is -2.49. The van der Waals surface area contributed by atoms with E-state index in [1.54, 1.807) is 0 Å². The molecule has 25 heavy (non-hydrogen) atoms. The molecule has 0 saturated carbocycles. The van der Waals surface area contributed by atoms with Gasteiger partial charge in [0.1, 0.15) is 0 Å². The summed E-state index contributed by atoms with van der Waals surface area (Å²) >= 11 is 1.85. The smallest absolute Gasteiger partial charge is 0.208 e. The molecule has 7 heteroatoms. The van der Waals surface area contributed by atoms with Crippen LogP contribution in [0.1, 0.15) is 42.5 Å². The molecule has 2 fully saturated rings. The maximum Gasteiger partial charge on any atom is 0.208 e. The predicted molar refractivity (Wildman–Crippen MR) is 102 cm³/mol. The van der Waals surface area contributed by atoms with E-state index in [1.165, 1.54) is 16.7 Å². The summed E-state index contributed by atoms with van der Waals surface area (Å²) < 4.78 is 31.3. The number of hydrogen-bond donors (Lipinski definition) is 1. The van der Waals surface area contributed by atoms with Crippen molar-refractivity contribution in [2.75, 3.05) is 32.5 Å². The van der Waals surface area contributed by atoms with Gasteiger partial charge in [-0.2, -0.15) is 0 Å². The first-order valence-electron chi connectivity index (χ1n) is 9.19. The Labute approximate surface area is 155 Å². The van der Waals surface area contributed by atoms with Crippen LogP contribution in [-0.2, 0) is 21.3 Å². The predicted octanol–water partition coefficient (Wildman–Crippen LogP) is 2.76. The van der Waals surface area contributed by atoms with Crippen LogP contribution in [0.3, 0.4) is 0 Å². The highest BCUT2D eigenvalue weighted by atomic mass is 32.2. The molecule has 2 saturated heterocycles. The van der Waals surface area contributed by atoms with Crippen LogP contribution in [0.2, 0.25) is 0 Å². The number of piperidine rings is 1. The second-order valence-electron chi connectivity index (χ2n) is 7.65. The summed E-state index contributed by atoms with van der Waals surface area (Å²) in [5, 5.41) is 2.18. The first kappa shape index (κ1) is 19.3. The number of nitrogens with zero attached hydrogens (tertiary/aromatic N) is 1. The molecule has 2 aliphatic heterocycles. The van der Waals surface area contributed by atoms with E-state index < -0.39 is 10.0 Å². The molecule has 3 rings (SSSR count). The zero-order valence-corrected chi connectivity index (χ0v) is 16.9. The number of sulfonamides is 1. The lowest BCUT2D eigenvalue weighted by molar-refractivity contribution is -0.128. The number of thiophene rings is 1. The van der Waals surface area contributed by atoms with Crippen LogP contribution in [0, 0.1) is 12.8 Å². The first-order chi connectivity index (χ1) is 11.9. The fourth-order valence-corrected chi connectivity index (χ4v) is 5.50. The SMILES string of the molecule is Cc1ccsc1CN1CCC2(CC1)CC(CCNS(C)(=O)=O)CCO2. The van der Waals surface area contributed by atoms with Crippen LogP contribution in [0.15, 0.2) is 11.4 Å². The van der Waals surface area contributed by atoms with Gasteiger partial charge in [0.15, 0.2) is 0 Å². The van der Waals surface area contributed by atoms with Gasteiger partial charge in [-0.1, -0.05) is 0 Å². The summed E-state index contributed by atoms with van der Waals surface area (Å²) in [6, 6.07) is 2.20. The third-order valence-electron chi connectivity index (χ3n) is 5.61. The Balaban J connectivity index is 1.47. The zero-order chi connectivity index (χ0) is 17.9. The van der Waals surface area contributed by atoms with Crippen molar-refractivity contribution in [2.24, 2.45) is 5.92 Å². The van der Waals surface area contributed by atoms with Crippen LogP contribution in [0.5, 0.6) is 0 Å². The van der Waals surface area contributed by atoms with E-state index in [1.807, 2.05) is 11.3 Å². The molecule has 1 N–H and O–H groups in total. The van der Waals surface area contributed by atoms with Crippen molar-refractivity contribution in [3.05, 3.63) is 21.9 Å². The van der Waals surface area contributed by atoms with E-state index in [2.05, 4.69) is 28.0 Å². The van der Waals surface area contributed by atoms with Gasteiger partial charge in [0.2, 0.25) is 10.0 Å². The van der Waals surface area contributed by atoms with Gasteiger partial charge in [-0.05, 0) is 62.0 Å². The van der Waals surface area contributed by atoms with Gasteiger partial charge in [0.25, 0.3) is 0 Å². The van der Waals surface area contributed by atoms with Crippen molar-refractivity contribution in [2.45, 2.75) is 51.2 Å². The molecule has 2 aliphatic rings. The number of likely N-dealkylation sites (tertiary alicyclic amines) is 1. The quantitative estimate of drug-likeness (QED) is 0.817. The third kappa shape index (κ3) is 5.50. The first-order valence-corrected chi connectivity index (χ1v) is 12.0. The van der Waals surface area contributed by atoms with E-state index in [0.717, 1.165) is 58.3 Å². The fourth-order valence-electron chi connectivity index (χ4n) is 4.06. The van der Waals surface area contributed by atoms with Crippen LogP contribution >= 0.6 is 11.3 Å². The molecule has 0 aromatic carbocycles. The van der Waals surface area contributed by atoms with E-state index in [4.69, 9.17) is 4.74 Å². The normalized spacial score (nSPS) is 24.6. The molecule has 1 unspecified atom stereocenters. The Bertz CT molecular complexity index is 664. The molecule has 1 spiro atoms. The Morgan fingerprint density at radius 3 is 2.80 bits per heavy atom. The molecule has 0 aliphatic carbocycles. The van der Waals surface area contributed by atoms with Gasteiger partial charge >= 0.3 is 0 Å². The Morgan fingerprint density at radius 2 is 2.16 bits per heavy atom. The number of ether oxygens (including phenoxy) is 1. The molecular formula is C18H30N2O3S2. The van der Waals surface area contributed by atoms with E-state index in [0.29, 0.717) is 12.5 Å². The minimum absolute atomic E-state index is 0.0228. The summed E-state index contributed by atoms with van der Waals surface area (Å²) in [5.41, 5.74) is 1.42. The highest BCUT2D eigenvalue weighted by Gasteiger charge is 2.40. The van der Waals surface area contributed by atoms with Crippen molar-refractivity contribution in [3.63, 3.8) is 0 Å². The molecule has 0 radical (unpaired) electrons. The molecule has 1 aromatic heterocycles. The summed E-state index contributed by atoms with van der Waals surface area (Å²) in [6.07, 6.45) is 6.44. The standard InChI is InChI=1S/C18H30N2O3S2/c1-15-5-12-24-17(15)14-20-9-6-18(7-10-20)13-16(4-11-23-18)3-8-19-25(2,21)22/h5,12,16,19H,3-4,6-11,13-14H2,1-2H3. The van der Waals surface area contributed by atoms with Gasteiger partial charge in [-0.15, -0.1) is 11.3 Å². The Kier molecular flexibility index (Phi) is 6.21. The van der Waals surface area contributed by atoms with Gasteiger partial charge in [-0.3, -0.25) is 4.90 Å². The van der Waals surface area contributed by atoms with Crippen LogP contribution in [0.25, 0.3) is 0 Å². The van der Waals surface area contributed by atoms with E-state index >= 15 is 0 Å². The number of rotatable bonds is 6. The zero-order valence-electron chi connectivity index (χ0n) is 15.3. The second-order valence-corrected chi connectivity index (χ2v) is 10.5. The van der Waals surface area contributed by atoms with Gasteiger partial charge in [0.05, 0.1) is 11.9 Å². The van der Waals surface area contributed by atoms with Crippen LogP contribution in [0.4, 0.5) is 0 Å². The average Bonchev–Trinajstić information content (AvgIpc) is 2.94. The Morgan fingerprint density at radius 1 is 1.40 bits per heavy atom. The van der Waals surface area contributed by atoms with E-state index in [9.17, 15) is 8.42 Å². The molecule has 0 bridgehead atoms. The molecule has 1 aromatic rings. The maximum atomic E-state index is 11.2. The average molecular weight is 387 g/mol. The van der Waals surface area contributed by atoms with Gasteiger partial charge < -0.3 is 4.74 Å². The highest BCUT2D eigenvalue weighted by Crippen LogP contribution is 2.39. The monoisotopic (exact) mass is 386 g/mol. The lowest BCUT2D eigenvalue weighted by Gasteiger charge is -2.46. The summed E-state index contributed by atoms with van der Waals surface area (Å²) in [5.74, 6) is 0.564. The topological polar surface area (TPSA) is 58.6 Å². The summed E-state index contributed by atoms with van der Waals surface area (Å²) in [4.78, 5) is 4.02. The molecule has 1 atom stereocenters. The van der Waals surface area contributed by atoms with Crippen LogP contribution < -0.4 is 4.72 Å². The molecule has 5 nitrogen and oxygen atoms in total. The van der Waals surface area contributed by atoms with Crippen molar-refractivity contribution < 1.29 is 13.2 Å². The van der Waals surface area contributed by atoms with Crippen molar-refractivity contribution in [1.82, 2.24) is 9.62 Å². The van der Waals surface area contributed by atoms with Crippen molar-refractivity contribution in [1.29, 1.82) is 0 Å². The lowest BCUT2D eigenvalue weighted by atomic mass is 9.78. The maximum absolute atomic E-state index is 11.2. The van der Waals surface area contributed by atoms with Gasteiger partial charge in [0, 0.05) is 37.7 Å². The number of nitrogens with one attached hydrogen (secondary N) is 1. The Hall–Kier alpha value is -0.470. The van der Waals surface area contributed by atoms with Crippen molar-refractivity contribution >= 4 is 21.4 Å². The number of hydrogen-bond acceptors (Lipinski definition) is 5. The fraction of sp³-hybridized carbons (Fsp3) is 0.778.